The highest BCUT2D eigenvalue weighted by molar-refractivity contribution is 7.89. The summed E-state index contributed by atoms with van der Waals surface area (Å²) < 4.78 is 33.7. The summed E-state index contributed by atoms with van der Waals surface area (Å²) in [7, 11) is -2.14. The van der Waals surface area contributed by atoms with E-state index in [2.05, 4.69) is 37.0 Å². The van der Waals surface area contributed by atoms with Crippen molar-refractivity contribution in [2.24, 2.45) is 0 Å². The highest BCUT2D eigenvalue weighted by Gasteiger charge is 2.32. The van der Waals surface area contributed by atoms with Crippen LogP contribution in [0.15, 0.2) is 41.3 Å². The highest BCUT2D eigenvalue weighted by atomic mass is 32.2. The van der Waals surface area contributed by atoms with E-state index >= 15 is 0 Å². The SMILES string of the molecule is COc1ccc(C)cc1S(=O)(=O)N1CCc2[nH]c3ccc(C(C)C)cc3c2C1. The first-order valence-corrected chi connectivity index (χ1v) is 11.0. The molecule has 0 bridgehead atoms. The Bertz CT molecular complexity index is 1150. The van der Waals surface area contributed by atoms with Crippen molar-refractivity contribution < 1.29 is 13.2 Å². The maximum Gasteiger partial charge on any atom is 0.247 e. The van der Waals surface area contributed by atoms with Gasteiger partial charge in [0.15, 0.2) is 0 Å². The molecule has 0 spiro atoms. The van der Waals surface area contributed by atoms with Gasteiger partial charge in [-0.3, -0.25) is 0 Å². The summed E-state index contributed by atoms with van der Waals surface area (Å²) in [6, 6.07) is 11.7. The molecular formula is C22H26N2O3S. The second-order valence-electron chi connectivity index (χ2n) is 7.78. The standard InChI is InChI=1S/C22H26N2O3S/c1-14(2)16-6-7-19-17(12-16)18-13-24(10-9-20(18)23-19)28(25,26)22-11-15(3)5-8-21(22)27-4/h5-8,11-12,14,23H,9-10,13H2,1-4H3. The van der Waals surface area contributed by atoms with Gasteiger partial charge < -0.3 is 9.72 Å². The van der Waals surface area contributed by atoms with Gasteiger partial charge in [-0.05, 0) is 53.8 Å². The Balaban J connectivity index is 1.77. The number of ether oxygens (including phenoxy) is 1. The van der Waals surface area contributed by atoms with Crippen molar-refractivity contribution in [2.75, 3.05) is 13.7 Å². The number of nitrogens with zero attached hydrogens (tertiary/aromatic N) is 1. The van der Waals surface area contributed by atoms with Crippen LogP contribution in [0, 0.1) is 6.92 Å². The van der Waals surface area contributed by atoms with E-state index in [-0.39, 0.29) is 4.90 Å². The second kappa shape index (κ2) is 6.94. The summed E-state index contributed by atoms with van der Waals surface area (Å²) >= 11 is 0. The van der Waals surface area contributed by atoms with Crippen LogP contribution in [0.1, 0.15) is 42.1 Å². The van der Waals surface area contributed by atoms with Gasteiger partial charge in [-0.25, -0.2) is 8.42 Å². The fourth-order valence-corrected chi connectivity index (χ4v) is 5.55. The number of hydrogen-bond donors (Lipinski definition) is 1. The zero-order valence-corrected chi connectivity index (χ0v) is 17.6. The maximum absolute atomic E-state index is 13.4. The molecule has 4 rings (SSSR count). The molecule has 2 heterocycles. The third-order valence-electron chi connectivity index (χ3n) is 5.57. The smallest absolute Gasteiger partial charge is 0.247 e. The van der Waals surface area contributed by atoms with Crippen LogP contribution in [0.5, 0.6) is 5.75 Å². The van der Waals surface area contributed by atoms with Crippen LogP contribution >= 0.6 is 0 Å². The maximum atomic E-state index is 13.4. The van der Waals surface area contributed by atoms with E-state index in [4.69, 9.17) is 4.74 Å². The molecule has 0 aliphatic carbocycles. The minimum atomic E-state index is -3.65. The zero-order valence-electron chi connectivity index (χ0n) is 16.7. The van der Waals surface area contributed by atoms with Gasteiger partial charge in [0.1, 0.15) is 10.6 Å². The van der Waals surface area contributed by atoms with E-state index < -0.39 is 10.0 Å². The molecule has 0 amide bonds. The van der Waals surface area contributed by atoms with E-state index in [1.807, 2.05) is 13.0 Å². The average Bonchev–Trinajstić information content (AvgIpc) is 3.05. The van der Waals surface area contributed by atoms with Crippen LogP contribution in [0.2, 0.25) is 0 Å². The number of H-pyrrole nitrogens is 1. The van der Waals surface area contributed by atoms with Crippen molar-refractivity contribution in [3.8, 4) is 5.75 Å². The molecule has 28 heavy (non-hydrogen) atoms. The molecule has 2 aromatic carbocycles. The van der Waals surface area contributed by atoms with Crippen LogP contribution in [0.3, 0.4) is 0 Å². The average molecular weight is 399 g/mol. The van der Waals surface area contributed by atoms with Gasteiger partial charge in [0.25, 0.3) is 0 Å². The fourth-order valence-electron chi connectivity index (χ4n) is 3.90. The van der Waals surface area contributed by atoms with Crippen LogP contribution in [-0.2, 0) is 23.0 Å². The molecule has 0 radical (unpaired) electrons. The Kier molecular flexibility index (Phi) is 4.71. The largest absolute Gasteiger partial charge is 0.495 e. The quantitative estimate of drug-likeness (QED) is 0.710. The first-order chi connectivity index (χ1) is 13.3. The van der Waals surface area contributed by atoms with Gasteiger partial charge in [-0.1, -0.05) is 26.0 Å². The topological polar surface area (TPSA) is 62.4 Å². The lowest BCUT2D eigenvalue weighted by molar-refractivity contribution is 0.377. The van der Waals surface area contributed by atoms with Gasteiger partial charge in [-0.2, -0.15) is 4.31 Å². The second-order valence-corrected chi connectivity index (χ2v) is 9.69. The van der Waals surface area contributed by atoms with E-state index in [1.54, 1.807) is 16.4 Å². The molecule has 1 aliphatic rings. The number of rotatable bonds is 4. The van der Waals surface area contributed by atoms with Gasteiger partial charge >= 0.3 is 0 Å². The molecule has 1 N–H and O–H groups in total. The van der Waals surface area contributed by atoms with Crippen molar-refractivity contribution in [2.45, 2.75) is 44.6 Å². The third-order valence-corrected chi connectivity index (χ3v) is 7.43. The molecule has 0 unspecified atom stereocenters. The van der Waals surface area contributed by atoms with Gasteiger partial charge in [0.05, 0.1) is 7.11 Å². The summed E-state index contributed by atoms with van der Waals surface area (Å²) in [4.78, 5) is 3.72. The lowest BCUT2D eigenvalue weighted by atomic mass is 9.99. The third kappa shape index (κ3) is 3.10. The summed E-state index contributed by atoms with van der Waals surface area (Å²) in [5.74, 6) is 0.812. The van der Waals surface area contributed by atoms with Crippen molar-refractivity contribution in [1.29, 1.82) is 0 Å². The van der Waals surface area contributed by atoms with Crippen LogP contribution in [-0.4, -0.2) is 31.4 Å². The Morgan fingerprint density at radius 3 is 2.64 bits per heavy atom. The number of benzene rings is 2. The number of methoxy groups -OCH3 is 1. The normalized spacial score (nSPS) is 15.2. The molecule has 5 nitrogen and oxygen atoms in total. The van der Waals surface area contributed by atoms with Crippen molar-refractivity contribution >= 4 is 20.9 Å². The lowest BCUT2D eigenvalue weighted by Crippen LogP contribution is -2.36. The number of aryl methyl sites for hydroxylation is 1. The Morgan fingerprint density at radius 1 is 1.14 bits per heavy atom. The van der Waals surface area contributed by atoms with E-state index in [0.29, 0.717) is 31.2 Å². The Labute approximate surface area is 166 Å². The number of aromatic amines is 1. The highest BCUT2D eigenvalue weighted by Crippen LogP contribution is 2.34. The number of sulfonamides is 1. The van der Waals surface area contributed by atoms with Gasteiger partial charge in [-0.15, -0.1) is 0 Å². The predicted molar refractivity (Wildman–Crippen MR) is 111 cm³/mol. The first-order valence-electron chi connectivity index (χ1n) is 9.59. The van der Waals surface area contributed by atoms with Crippen LogP contribution in [0.25, 0.3) is 10.9 Å². The van der Waals surface area contributed by atoms with Crippen molar-refractivity contribution in [1.82, 2.24) is 9.29 Å². The van der Waals surface area contributed by atoms with E-state index in [1.165, 1.54) is 12.7 Å². The number of fused-ring (bicyclic) bond motifs is 3. The number of aromatic nitrogens is 1. The molecule has 0 atom stereocenters. The van der Waals surface area contributed by atoms with Crippen LogP contribution in [0.4, 0.5) is 0 Å². The molecule has 148 valence electrons. The van der Waals surface area contributed by atoms with E-state index in [9.17, 15) is 8.42 Å². The molecule has 3 aromatic rings. The van der Waals surface area contributed by atoms with Crippen LogP contribution < -0.4 is 4.74 Å². The number of hydrogen-bond acceptors (Lipinski definition) is 3. The summed E-state index contributed by atoms with van der Waals surface area (Å²) in [6.45, 7) is 7.05. The van der Waals surface area contributed by atoms with E-state index in [0.717, 1.165) is 27.7 Å². The first kappa shape index (κ1) is 19.0. The van der Waals surface area contributed by atoms with Crippen molar-refractivity contribution in [3.63, 3.8) is 0 Å². The zero-order chi connectivity index (χ0) is 20.1. The molecule has 1 aliphatic heterocycles. The molecule has 0 saturated heterocycles. The van der Waals surface area contributed by atoms with Crippen molar-refractivity contribution in [3.05, 3.63) is 58.8 Å². The summed E-state index contributed by atoms with van der Waals surface area (Å²) in [6.07, 6.45) is 0.675. The fraction of sp³-hybridized carbons (Fsp3) is 0.364. The minimum Gasteiger partial charge on any atom is -0.495 e. The molecule has 0 saturated carbocycles. The molecular weight excluding hydrogens is 372 g/mol. The molecule has 1 aromatic heterocycles. The molecule has 0 fully saturated rings. The Hall–Kier alpha value is -2.31. The Morgan fingerprint density at radius 2 is 1.93 bits per heavy atom. The lowest BCUT2D eigenvalue weighted by Gasteiger charge is -2.27. The molecule has 6 heteroatoms. The monoisotopic (exact) mass is 398 g/mol. The summed E-state index contributed by atoms with van der Waals surface area (Å²) in [5.41, 5.74) is 5.44. The van der Waals surface area contributed by atoms with Gasteiger partial charge in [0.2, 0.25) is 10.0 Å². The predicted octanol–water partition coefficient (Wildman–Crippen LogP) is 4.36. The minimum absolute atomic E-state index is 0.237. The van der Waals surface area contributed by atoms with Gasteiger partial charge in [0, 0.05) is 36.1 Å². The summed E-state index contributed by atoms with van der Waals surface area (Å²) in [5, 5.41) is 1.12. The number of nitrogens with one attached hydrogen (secondary N) is 1.